The van der Waals surface area contributed by atoms with Gasteiger partial charge in [0.05, 0.1) is 0 Å². The summed E-state index contributed by atoms with van der Waals surface area (Å²) in [5.41, 5.74) is 7.01. The molecule has 0 aliphatic rings. The first kappa shape index (κ1) is 11.4. The van der Waals surface area contributed by atoms with Crippen LogP contribution < -0.4 is 5.73 Å². The number of hydrogen-bond acceptors (Lipinski definition) is 2. The third-order valence-corrected chi connectivity index (χ3v) is 3.14. The summed E-state index contributed by atoms with van der Waals surface area (Å²) in [5, 5.41) is 0. The van der Waals surface area contributed by atoms with E-state index < -0.39 is 0 Å². The van der Waals surface area contributed by atoms with E-state index in [0.717, 1.165) is 17.1 Å². The molecule has 0 aromatic heterocycles. The van der Waals surface area contributed by atoms with Crippen LogP contribution in [0.4, 0.5) is 10.1 Å². The third kappa shape index (κ3) is 4.01. The molecule has 3 heteroatoms. The van der Waals surface area contributed by atoms with Crippen LogP contribution in [0.15, 0.2) is 18.2 Å². The molecule has 14 heavy (non-hydrogen) atoms. The Hall–Kier alpha value is -0.700. The van der Waals surface area contributed by atoms with Crippen LogP contribution in [0.5, 0.6) is 0 Å². The molecule has 0 fully saturated rings. The summed E-state index contributed by atoms with van der Waals surface area (Å²) < 4.78 is 12.9. The SMILES string of the molecule is CC(C)CSCc1cc(N)cc(F)c1. The van der Waals surface area contributed by atoms with E-state index in [2.05, 4.69) is 13.8 Å². The molecule has 0 aliphatic carbocycles. The van der Waals surface area contributed by atoms with E-state index in [9.17, 15) is 4.39 Å². The van der Waals surface area contributed by atoms with Gasteiger partial charge in [0.2, 0.25) is 0 Å². The summed E-state index contributed by atoms with van der Waals surface area (Å²) in [6, 6.07) is 4.72. The molecule has 0 amide bonds. The highest BCUT2D eigenvalue weighted by molar-refractivity contribution is 7.98. The molecule has 1 aromatic rings. The van der Waals surface area contributed by atoms with E-state index in [4.69, 9.17) is 5.73 Å². The minimum atomic E-state index is -0.245. The highest BCUT2D eigenvalue weighted by Gasteiger charge is 2.00. The molecule has 0 bridgehead atoms. The fourth-order valence-corrected chi connectivity index (χ4v) is 2.16. The number of halogens is 1. The van der Waals surface area contributed by atoms with Crippen molar-refractivity contribution in [1.29, 1.82) is 0 Å². The summed E-state index contributed by atoms with van der Waals surface area (Å²) in [6.45, 7) is 4.35. The number of benzene rings is 1. The zero-order chi connectivity index (χ0) is 10.6. The normalized spacial score (nSPS) is 10.9. The molecule has 0 saturated carbocycles. The molecule has 0 saturated heterocycles. The summed E-state index contributed by atoms with van der Waals surface area (Å²) in [6.07, 6.45) is 0. The minimum absolute atomic E-state index is 0.245. The summed E-state index contributed by atoms with van der Waals surface area (Å²) in [7, 11) is 0. The van der Waals surface area contributed by atoms with Crippen molar-refractivity contribution in [3.63, 3.8) is 0 Å². The van der Waals surface area contributed by atoms with Gasteiger partial charge >= 0.3 is 0 Å². The molecule has 1 nitrogen and oxygen atoms in total. The van der Waals surface area contributed by atoms with Gasteiger partial charge in [-0.3, -0.25) is 0 Å². The monoisotopic (exact) mass is 213 g/mol. The second-order valence-electron chi connectivity index (χ2n) is 3.80. The number of nitrogens with two attached hydrogens (primary N) is 1. The van der Waals surface area contributed by atoms with Crippen molar-refractivity contribution in [1.82, 2.24) is 0 Å². The fourth-order valence-electron chi connectivity index (χ4n) is 1.17. The van der Waals surface area contributed by atoms with E-state index in [0.29, 0.717) is 11.6 Å². The van der Waals surface area contributed by atoms with Gasteiger partial charge in [0.15, 0.2) is 0 Å². The molecule has 0 spiro atoms. The van der Waals surface area contributed by atoms with Crippen LogP contribution in [0.25, 0.3) is 0 Å². The predicted octanol–water partition coefficient (Wildman–Crippen LogP) is 3.30. The number of nitrogen functional groups attached to an aromatic ring is 1. The molecular formula is C11H16FNS. The maximum absolute atomic E-state index is 12.9. The number of anilines is 1. The Morgan fingerprint density at radius 1 is 1.36 bits per heavy atom. The Labute approximate surface area is 88.9 Å². The quantitative estimate of drug-likeness (QED) is 0.777. The third-order valence-electron chi connectivity index (χ3n) is 1.70. The topological polar surface area (TPSA) is 26.0 Å². The van der Waals surface area contributed by atoms with Crippen molar-refractivity contribution in [3.8, 4) is 0 Å². The lowest BCUT2D eigenvalue weighted by atomic mass is 10.2. The second kappa shape index (κ2) is 5.25. The molecule has 1 aromatic carbocycles. The van der Waals surface area contributed by atoms with Crippen LogP contribution in [-0.4, -0.2) is 5.75 Å². The molecule has 0 atom stereocenters. The number of thioether (sulfide) groups is 1. The van der Waals surface area contributed by atoms with Crippen molar-refractivity contribution in [2.45, 2.75) is 19.6 Å². The summed E-state index contributed by atoms with van der Waals surface area (Å²) in [5.74, 6) is 2.35. The Balaban J connectivity index is 2.50. The largest absolute Gasteiger partial charge is 0.399 e. The molecule has 0 heterocycles. The lowest BCUT2D eigenvalue weighted by Crippen LogP contribution is -1.93. The van der Waals surface area contributed by atoms with Crippen LogP contribution >= 0.6 is 11.8 Å². The van der Waals surface area contributed by atoms with E-state index in [1.165, 1.54) is 6.07 Å². The molecular weight excluding hydrogens is 197 g/mol. The van der Waals surface area contributed by atoms with Gasteiger partial charge in [-0.15, -0.1) is 0 Å². The van der Waals surface area contributed by atoms with Gasteiger partial charge in [-0.25, -0.2) is 4.39 Å². The maximum Gasteiger partial charge on any atom is 0.125 e. The Morgan fingerprint density at radius 2 is 2.07 bits per heavy atom. The molecule has 0 radical (unpaired) electrons. The highest BCUT2D eigenvalue weighted by atomic mass is 32.2. The van der Waals surface area contributed by atoms with Gasteiger partial charge in [0.25, 0.3) is 0 Å². The lowest BCUT2D eigenvalue weighted by molar-refractivity contribution is 0.627. The maximum atomic E-state index is 12.9. The molecule has 78 valence electrons. The average molecular weight is 213 g/mol. The van der Waals surface area contributed by atoms with Crippen molar-refractivity contribution in [3.05, 3.63) is 29.6 Å². The fraction of sp³-hybridized carbons (Fsp3) is 0.455. The van der Waals surface area contributed by atoms with Gasteiger partial charge in [0.1, 0.15) is 5.82 Å². The lowest BCUT2D eigenvalue weighted by Gasteiger charge is -2.05. The van der Waals surface area contributed by atoms with Crippen LogP contribution in [-0.2, 0) is 5.75 Å². The van der Waals surface area contributed by atoms with Gasteiger partial charge < -0.3 is 5.73 Å². The molecule has 1 rings (SSSR count). The smallest absolute Gasteiger partial charge is 0.125 e. The first-order valence-corrected chi connectivity index (χ1v) is 5.86. The average Bonchev–Trinajstić information content (AvgIpc) is 2.01. The number of hydrogen-bond donors (Lipinski definition) is 1. The molecule has 0 unspecified atom stereocenters. The molecule has 2 N–H and O–H groups in total. The predicted molar refractivity (Wildman–Crippen MR) is 61.8 cm³/mol. The van der Waals surface area contributed by atoms with Gasteiger partial charge in [-0.05, 0) is 35.4 Å². The number of rotatable bonds is 4. The van der Waals surface area contributed by atoms with E-state index >= 15 is 0 Å². The van der Waals surface area contributed by atoms with Crippen molar-refractivity contribution >= 4 is 17.4 Å². The van der Waals surface area contributed by atoms with E-state index in [-0.39, 0.29) is 5.82 Å². The van der Waals surface area contributed by atoms with E-state index in [1.54, 1.807) is 6.07 Å². The van der Waals surface area contributed by atoms with Gasteiger partial charge in [0, 0.05) is 11.4 Å². The first-order chi connectivity index (χ1) is 6.58. The zero-order valence-corrected chi connectivity index (χ0v) is 9.40. The zero-order valence-electron chi connectivity index (χ0n) is 8.59. The highest BCUT2D eigenvalue weighted by Crippen LogP contribution is 2.18. The van der Waals surface area contributed by atoms with Gasteiger partial charge in [-0.1, -0.05) is 13.8 Å². The Morgan fingerprint density at radius 3 is 2.64 bits per heavy atom. The first-order valence-electron chi connectivity index (χ1n) is 4.70. The van der Waals surface area contributed by atoms with Gasteiger partial charge in [-0.2, -0.15) is 11.8 Å². The van der Waals surface area contributed by atoms with Crippen molar-refractivity contribution in [2.75, 3.05) is 11.5 Å². The Bertz CT molecular complexity index is 279. The summed E-state index contributed by atoms with van der Waals surface area (Å²) >= 11 is 1.81. The van der Waals surface area contributed by atoms with Crippen molar-refractivity contribution < 1.29 is 4.39 Å². The second-order valence-corrected chi connectivity index (χ2v) is 4.83. The van der Waals surface area contributed by atoms with Crippen LogP contribution in [0.2, 0.25) is 0 Å². The molecule has 0 aliphatic heterocycles. The van der Waals surface area contributed by atoms with E-state index in [1.807, 2.05) is 17.8 Å². The summed E-state index contributed by atoms with van der Waals surface area (Å²) in [4.78, 5) is 0. The van der Waals surface area contributed by atoms with Crippen LogP contribution in [0.3, 0.4) is 0 Å². The van der Waals surface area contributed by atoms with Crippen molar-refractivity contribution in [2.24, 2.45) is 5.92 Å². The van der Waals surface area contributed by atoms with Crippen LogP contribution in [0, 0.1) is 11.7 Å². The van der Waals surface area contributed by atoms with Crippen LogP contribution in [0.1, 0.15) is 19.4 Å². The minimum Gasteiger partial charge on any atom is -0.399 e. The standard InChI is InChI=1S/C11H16FNS/c1-8(2)6-14-7-9-3-10(12)5-11(13)4-9/h3-5,8H,6-7,13H2,1-2H3. The Kier molecular flexibility index (Phi) is 4.26.